The molecule has 5 nitrogen and oxygen atoms in total. The molecule has 0 aliphatic carbocycles. The lowest BCUT2D eigenvalue weighted by atomic mass is 10.1. The van der Waals surface area contributed by atoms with Crippen LogP contribution in [0.15, 0.2) is 24.3 Å². The number of carbonyl (C=O) groups is 1. The molecule has 1 heterocycles. The first kappa shape index (κ1) is 18.8. The number of aryl methyl sites for hydroxylation is 1. The molecule has 1 aromatic rings. The lowest BCUT2D eigenvalue weighted by molar-refractivity contribution is -0.132. The minimum Gasteiger partial charge on any atom is -0.343 e. The Kier molecular flexibility index (Phi) is 6.66. The van der Waals surface area contributed by atoms with E-state index in [9.17, 15) is 13.2 Å². The smallest absolute Gasteiger partial charge is 0.232 e. The van der Waals surface area contributed by atoms with Crippen LogP contribution in [0.3, 0.4) is 0 Å². The Morgan fingerprint density at radius 3 is 2.29 bits per heavy atom. The fourth-order valence-corrected chi connectivity index (χ4v) is 4.03. The summed E-state index contributed by atoms with van der Waals surface area (Å²) >= 11 is 0. The van der Waals surface area contributed by atoms with Gasteiger partial charge >= 0.3 is 0 Å². The summed E-state index contributed by atoms with van der Waals surface area (Å²) in [7, 11) is -3.35. The van der Waals surface area contributed by atoms with Crippen LogP contribution in [0.4, 0.5) is 5.69 Å². The molecule has 1 amide bonds. The minimum atomic E-state index is -3.35. The zero-order chi connectivity index (χ0) is 17.6. The third kappa shape index (κ3) is 5.23. The molecule has 1 aliphatic heterocycles. The number of hydrogen-bond donors (Lipinski definition) is 0. The summed E-state index contributed by atoms with van der Waals surface area (Å²) in [5, 5.41) is 0. The van der Waals surface area contributed by atoms with Crippen LogP contribution in [-0.2, 0) is 21.2 Å². The number of rotatable bonds is 7. The van der Waals surface area contributed by atoms with Gasteiger partial charge in [-0.15, -0.1) is 0 Å². The van der Waals surface area contributed by atoms with Crippen LogP contribution in [0, 0.1) is 0 Å². The van der Waals surface area contributed by atoms with Gasteiger partial charge in [0.15, 0.2) is 0 Å². The largest absolute Gasteiger partial charge is 0.343 e. The van der Waals surface area contributed by atoms with E-state index in [-0.39, 0.29) is 5.91 Å². The number of likely N-dealkylation sites (tertiary alicyclic amines) is 1. The van der Waals surface area contributed by atoms with E-state index in [0.29, 0.717) is 25.1 Å². The van der Waals surface area contributed by atoms with Gasteiger partial charge in [0, 0.05) is 26.1 Å². The van der Waals surface area contributed by atoms with E-state index in [1.165, 1.54) is 22.5 Å². The average molecular weight is 352 g/mol. The summed E-state index contributed by atoms with van der Waals surface area (Å²) in [5.74, 6) is 0.143. The molecule has 0 spiro atoms. The van der Waals surface area contributed by atoms with Crippen molar-refractivity contribution >= 4 is 21.6 Å². The van der Waals surface area contributed by atoms with E-state index in [4.69, 9.17) is 0 Å². The number of sulfonamides is 1. The van der Waals surface area contributed by atoms with Crippen molar-refractivity contribution in [3.8, 4) is 0 Å². The highest BCUT2D eigenvalue weighted by atomic mass is 32.2. The molecule has 1 fully saturated rings. The quantitative estimate of drug-likeness (QED) is 0.758. The first-order chi connectivity index (χ1) is 11.4. The summed E-state index contributed by atoms with van der Waals surface area (Å²) < 4.78 is 25.6. The lowest BCUT2D eigenvalue weighted by Crippen LogP contribution is -2.36. The van der Waals surface area contributed by atoms with Gasteiger partial charge in [0.05, 0.1) is 11.9 Å². The van der Waals surface area contributed by atoms with Gasteiger partial charge in [-0.05, 0) is 49.8 Å². The molecule has 0 aromatic heterocycles. The van der Waals surface area contributed by atoms with Crippen molar-refractivity contribution in [1.29, 1.82) is 0 Å². The number of benzene rings is 1. The van der Waals surface area contributed by atoms with Crippen LogP contribution in [0.25, 0.3) is 0 Å². The van der Waals surface area contributed by atoms with Crippen LogP contribution in [0.2, 0.25) is 0 Å². The van der Waals surface area contributed by atoms with E-state index in [2.05, 4.69) is 6.92 Å². The Bertz CT molecular complexity index is 635. The van der Waals surface area contributed by atoms with Crippen LogP contribution >= 0.6 is 0 Å². The summed E-state index contributed by atoms with van der Waals surface area (Å²) in [6.07, 6.45) is 6.42. The van der Waals surface area contributed by atoms with Gasteiger partial charge in [0.1, 0.15) is 0 Å². The van der Waals surface area contributed by atoms with Gasteiger partial charge in [-0.3, -0.25) is 9.10 Å². The van der Waals surface area contributed by atoms with E-state index in [1.807, 2.05) is 29.2 Å². The molecule has 1 aromatic carbocycles. The molecule has 6 heteroatoms. The molecular formula is C18H28N2O3S. The number of amides is 1. The Morgan fingerprint density at radius 1 is 1.12 bits per heavy atom. The summed E-state index contributed by atoms with van der Waals surface area (Å²) in [6.45, 7) is 4.08. The first-order valence-corrected chi connectivity index (χ1v) is 10.6. The fourth-order valence-electron chi connectivity index (χ4n) is 3.06. The highest BCUT2D eigenvalue weighted by molar-refractivity contribution is 7.92. The maximum Gasteiger partial charge on any atom is 0.232 e. The van der Waals surface area contributed by atoms with E-state index >= 15 is 0 Å². The molecule has 134 valence electrons. The predicted molar refractivity (Wildman–Crippen MR) is 97.7 cm³/mol. The Hall–Kier alpha value is -1.56. The van der Waals surface area contributed by atoms with Gasteiger partial charge in [0.25, 0.3) is 0 Å². The number of piperidine rings is 1. The van der Waals surface area contributed by atoms with Crippen molar-refractivity contribution in [2.75, 3.05) is 30.2 Å². The molecular weight excluding hydrogens is 324 g/mol. The zero-order valence-corrected chi connectivity index (χ0v) is 15.5. The fraction of sp³-hybridized carbons (Fsp3) is 0.611. The third-order valence-corrected chi connectivity index (χ3v) is 5.69. The van der Waals surface area contributed by atoms with Gasteiger partial charge in [-0.25, -0.2) is 8.42 Å². The van der Waals surface area contributed by atoms with Crippen molar-refractivity contribution in [2.45, 2.75) is 45.4 Å². The van der Waals surface area contributed by atoms with Gasteiger partial charge in [-0.1, -0.05) is 19.1 Å². The second kappa shape index (κ2) is 8.51. The number of hydrogen-bond acceptors (Lipinski definition) is 3. The number of nitrogens with zero attached hydrogens (tertiary/aromatic N) is 2. The summed E-state index contributed by atoms with van der Waals surface area (Å²) in [6, 6.07) is 7.58. The average Bonchev–Trinajstić information content (AvgIpc) is 2.58. The van der Waals surface area contributed by atoms with Crippen LogP contribution in [0.5, 0.6) is 0 Å². The maximum atomic E-state index is 12.2. The second-order valence-corrected chi connectivity index (χ2v) is 8.31. The molecule has 2 rings (SSSR count). The molecule has 1 aliphatic rings. The molecule has 0 bridgehead atoms. The Balaban J connectivity index is 1.95. The van der Waals surface area contributed by atoms with Gasteiger partial charge in [0.2, 0.25) is 15.9 Å². The number of carbonyl (C=O) groups excluding carboxylic acids is 1. The van der Waals surface area contributed by atoms with Crippen molar-refractivity contribution in [3.63, 3.8) is 0 Å². The standard InChI is InChI=1S/C18H28N2O3S/c1-3-16-9-11-17(12-10-16)20(24(2,22)23)15-7-8-18(21)19-13-5-4-6-14-19/h9-12H,3-8,13-15H2,1-2H3. The molecule has 0 N–H and O–H groups in total. The SMILES string of the molecule is CCc1ccc(N(CCCC(=O)N2CCCCC2)S(C)(=O)=O)cc1. The molecule has 1 saturated heterocycles. The van der Waals surface area contributed by atoms with Crippen molar-refractivity contribution in [2.24, 2.45) is 0 Å². The highest BCUT2D eigenvalue weighted by Gasteiger charge is 2.20. The zero-order valence-electron chi connectivity index (χ0n) is 14.7. The van der Waals surface area contributed by atoms with Gasteiger partial charge < -0.3 is 4.90 Å². The molecule has 0 atom stereocenters. The third-order valence-electron chi connectivity index (χ3n) is 4.49. The van der Waals surface area contributed by atoms with Crippen LogP contribution in [0.1, 0.15) is 44.6 Å². The van der Waals surface area contributed by atoms with Crippen molar-refractivity contribution in [1.82, 2.24) is 4.90 Å². The van der Waals surface area contributed by atoms with E-state index in [1.54, 1.807) is 0 Å². The van der Waals surface area contributed by atoms with E-state index in [0.717, 1.165) is 32.4 Å². The van der Waals surface area contributed by atoms with Crippen LogP contribution in [-0.4, -0.2) is 45.1 Å². The maximum absolute atomic E-state index is 12.2. The van der Waals surface area contributed by atoms with Crippen LogP contribution < -0.4 is 4.31 Å². The monoisotopic (exact) mass is 352 g/mol. The summed E-state index contributed by atoms with van der Waals surface area (Å²) in [4.78, 5) is 14.1. The molecule has 24 heavy (non-hydrogen) atoms. The topological polar surface area (TPSA) is 57.7 Å². The lowest BCUT2D eigenvalue weighted by Gasteiger charge is -2.27. The normalized spacial score (nSPS) is 15.3. The summed E-state index contributed by atoms with van der Waals surface area (Å²) in [5.41, 5.74) is 1.84. The second-order valence-electron chi connectivity index (χ2n) is 6.40. The van der Waals surface area contributed by atoms with E-state index < -0.39 is 10.0 Å². The molecule has 0 saturated carbocycles. The minimum absolute atomic E-state index is 0.143. The first-order valence-electron chi connectivity index (χ1n) is 8.76. The molecule has 0 unspecified atom stereocenters. The Morgan fingerprint density at radius 2 is 1.75 bits per heavy atom. The Labute approximate surface area is 145 Å². The molecule has 0 radical (unpaired) electrons. The van der Waals surface area contributed by atoms with Gasteiger partial charge in [-0.2, -0.15) is 0 Å². The highest BCUT2D eigenvalue weighted by Crippen LogP contribution is 2.20. The van der Waals surface area contributed by atoms with Crippen molar-refractivity contribution < 1.29 is 13.2 Å². The van der Waals surface area contributed by atoms with Crippen molar-refractivity contribution in [3.05, 3.63) is 29.8 Å². The number of anilines is 1. The predicted octanol–water partition coefficient (Wildman–Crippen LogP) is 2.81.